The van der Waals surface area contributed by atoms with Crippen LogP contribution in [0.5, 0.6) is 11.5 Å². The van der Waals surface area contributed by atoms with Gasteiger partial charge in [0.2, 0.25) is 12.4 Å². The van der Waals surface area contributed by atoms with Gasteiger partial charge in [0.1, 0.15) is 22.0 Å². The van der Waals surface area contributed by atoms with Crippen molar-refractivity contribution in [3.63, 3.8) is 0 Å². The summed E-state index contributed by atoms with van der Waals surface area (Å²) >= 11 is 13.3. The molecule has 11 nitrogen and oxygen atoms in total. The molecule has 4 aliphatic rings. The van der Waals surface area contributed by atoms with Crippen molar-refractivity contribution < 1.29 is 38.8 Å². The molecule has 278 valence electrons. The Bertz CT molecular complexity index is 1930. The summed E-state index contributed by atoms with van der Waals surface area (Å²) < 4.78 is 19.0. The zero-order valence-electron chi connectivity index (χ0n) is 29.5. The van der Waals surface area contributed by atoms with E-state index in [2.05, 4.69) is 9.88 Å². The Morgan fingerprint density at radius 3 is 2.42 bits per heavy atom. The number of carbonyl (C=O) groups is 2. The molecule has 53 heavy (non-hydrogen) atoms. The van der Waals surface area contributed by atoms with Crippen molar-refractivity contribution in [3.05, 3.63) is 111 Å². The molecule has 1 amide bonds. The number of hydrogen-bond acceptors (Lipinski definition) is 9. The Morgan fingerprint density at radius 2 is 1.77 bits per heavy atom. The Hall–Kier alpha value is -4.58. The molecule has 2 bridgehead atoms. The largest absolute Gasteiger partial charge is 0.545 e. The summed E-state index contributed by atoms with van der Waals surface area (Å²) in [6.45, 7) is 2.78. The Balaban J connectivity index is 1.29. The minimum Gasteiger partial charge on any atom is -0.545 e. The molecular weight excluding hydrogens is 719 g/mol. The number of benzene rings is 2. The number of anilines is 1. The number of amides is 1. The number of ether oxygens (including phenoxy) is 3. The van der Waals surface area contributed by atoms with Gasteiger partial charge >= 0.3 is 6.09 Å². The number of pyridine rings is 2. The van der Waals surface area contributed by atoms with Crippen molar-refractivity contribution >= 4 is 41.1 Å². The number of carboxylic acids is 1. The highest BCUT2D eigenvalue weighted by molar-refractivity contribution is 6.35. The number of carboxylic acid groups (broad SMARTS) is 1. The highest BCUT2D eigenvalue weighted by atomic mass is 35.5. The molecule has 1 aliphatic carbocycles. The third-order valence-electron chi connectivity index (χ3n) is 10.7. The fourth-order valence-corrected chi connectivity index (χ4v) is 8.50. The number of piperidine rings is 3. The van der Waals surface area contributed by atoms with E-state index in [1.54, 1.807) is 49.7 Å². The Morgan fingerprint density at radius 1 is 1.02 bits per heavy atom. The van der Waals surface area contributed by atoms with Crippen LogP contribution in [-0.4, -0.2) is 66.1 Å². The first kappa shape index (κ1) is 36.8. The maximum absolute atomic E-state index is 14.0. The Kier molecular flexibility index (Phi) is 11.2. The molecule has 2 aromatic heterocycles. The van der Waals surface area contributed by atoms with E-state index in [4.69, 9.17) is 37.4 Å². The van der Waals surface area contributed by atoms with E-state index in [-0.39, 0.29) is 40.8 Å². The summed E-state index contributed by atoms with van der Waals surface area (Å²) in [5.74, 6) is -0.195. The summed E-state index contributed by atoms with van der Waals surface area (Å²) in [4.78, 5) is 35.0. The third kappa shape index (κ3) is 8.32. The van der Waals surface area contributed by atoms with E-state index in [1.165, 1.54) is 23.4 Å². The number of aromatic nitrogens is 2. The summed E-state index contributed by atoms with van der Waals surface area (Å²) in [7, 11) is 1.58. The summed E-state index contributed by atoms with van der Waals surface area (Å²) in [6.07, 6.45) is 9.71. The summed E-state index contributed by atoms with van der Waals surface area (Å²) in [5.41, 5.74) is 2.24. The molecule has 2 atom stereocenters. The van der Waals surface area contributed by atoms with E-state index in [9.17, 15) is 19.9 Å². The van der Waals surface area contributed by atoms with E-state index in [1.807, 2.05) is 12.1 Å². The first-order valence-electron chi connectivity index (χ1n) is 18.1. The first-order valence-corrected chi connectivity index (χ1v) is 18.8. The van der Waals surface area contributed by atoms with Crippen LogP contribution in [0.3, 0.4) is 0 Å². The van der Waals surface area contributed by atoms with E-state index in [0.29, 0.717) is 46.5 Å². The molecule has 3 aliphatic heterocycles. The van der Waals surface area contributed by atoms with Crippen molar-refractivity contribution in [3.8, 4) is 11.5 Å². The van der Waals surface area contributed by atoms with Crippen LogP contribution in [-0.2, 0) is 17.7 Å². The average Bonchev–Trinajstić information content (AvgIpc) is 3.67. The second-order valence-corrected chi connectivity index (χ2v) is 14.9. The van der Waals surface area contributed by atoms with E-state index >= 15 is 0 Å². The Labute approximate surface area is 318 Å². The zero-order valence-corrected chi connectivity index (χ0v) is 31.0. The van der Waals surface area contributed by atoms with Gasteiger partial charge in [0, 0.05) is 34.5 Å². The van der Waals surface area contributed by atoms with Crippen LogP contribution in [0.25, 0.3) is 0 Å². The smallest absolute Gasteiger partial charge is 0.416 e. The average molecular weight is 762 g/mol. The van der Waals surface area contributed by atoms with Crippen LogP contribution in [0.15, 0.2) is 73.2 Å². The minimum absolute atomic E-state index is 0.0347. The van der Waals surface area contributed by atoms with Gasteiger partial charge in [0.25, 0.3) is 0 Å². The van der Waals surface area contributed by atoms with Gasteiger partial charge < -0.3 is 24.1 Å². The number of nitrogens with zero attached hydrogens (tertiary/aromatic N) is 4. The molecule has 8 rings (SSSR count). The van der Waals surface area contributed by atoms with Gasteiger partial charge in [-0.2, -0.15) is 0 Å². The van der Waals surface area contributed by atoms with Crippen molar-refractivity contribution in [1.82, 2.24) is 9.88 Å². The first-order chi connectivity index (χ1) is 25.7. The molecule has 13 heteroatoms. The SMILES string of the molecule is COc1ccc([C@@H](Cc2c(Cl)c[n+](O)cc2Cl)c2cc(CN(C(=O)O[C@H]3CN4CCC3CC4)c3ccccn3)ccc2C(=O)[O-])cc1OC1CCCC1. The molecule has 4 aromatic rings. The zero-order chi connectivity index (χ0) is 37.1. The molecule has 0 spiro atoms. The molecule has 5 heterocycles. The molecule has 0 unspecified atom stereocenters. The molecule has 3 saturated heterocycles. The minimum atomic E-state index is -1.37. The lowest BCUT2D eigenvalue weighted by atomic mass is 9.82. The molecule has 1 saturated carbocycles. The van der Waals surface area contributed by atoms with Crippen molar-refractivity contribution in [2.75, 3.05) is 31.6 Å². The quantitative estimate of drug-likeness (QED) is 0.132. The normalized spacial score (nSPS) is 20.2. The van der Waals surface area contributed by atoms with E-state index < -0.39 is 18.0 Å². The third-order valence-corrected chi connectivity index (χ3v) is 11.4. The summed E-state index contributed by atoms with van der Waals surface area (Å²) in [6, 6.07) is 15.8. The number of rotatable bonds is 12. The lowest BCUT2D eigenvalue weighted by Gasteiger charge is -2.44. The topological polar surface area (TPSA) is 128 Å². The lowest BCUT2D eigenvalue weighted by Crippen LogP contribution is -2.53. The van der Waals surface area contributed by atoms with Gasteiger partial charge in [-0.3, -0.25) is 15.0 Å². The van der Waals surface area contributed by atoms with Gasteiger partial charge in [-0.15, -0.1) is 0 Å². The predicted octanol–water partition coefficient (Wildman–Crippen LogP) is 6.22. The second kappa shape index (κ2) is 16.2. The van der Waals surface area contributed by atoms with Crippen molar-refractivity contribution in [1.29, 1.82) is 0 Å². The van der Waals surface area contributed by atoms with Crippen LogP contribution in [0, 0.1) is 5.92 Å². The van der Waals surface area contributed by atoms with Crippen LogP contribution >= 0.6 is 23.2 Å². The molecule has 2 aromatic carbocycles. The standard InChI is InChI=1S/C40H42Cl2N4O7/c1-51-35-12-10-27(19-36(35)52-28-6-2-3-7-28)30(20-32-33(41)22-45(50)23-34(32)42)31-18-25(9-11-29(31)39(47)48)21-46(38-8-4-5-15-43-38)40(49)53-37-24-44-16-13-26(37)14-17-44/h4-5,8-12,15,18-19,22-23,26,28,30,37H,2-3,6-7,13-14,16-17,20-21,24H2,1H3,(H-,47,48,50)/t30-,37+/m1/s1. The van der Waals surface area contributed by atoms with Crippen molar-refractivity contribution in [2.45, 2.75) is 69.6 Å². The molecule has 1 N–H and O–H groups in total. The van der Waals surface area contributed by atoms with Gasteiger partial charge in [-0.05, 0) is 105 Å². The molecule has 0 radical (unpaired) electrons. The molecular formula is C40H42Cl2N4O7. The maximum Gasteiger partial charge on any atom is 0.416 e. The highest BCUT2D eigenvalue weighted by Crippen LogP contribution is 2.40. The highest BCUT2D eigenvalue weighted by Gasteiger charge is 2.38. The number of methoxy groups -OCH3 is 1. The molecule has 4 fully saturated rings. The van der Waals surface area contributed by atoms with Crippen LogP contribution in [0.4, 0.5) is 10.6 Å². The van der Waals surface area contributed by atoms with Gasteiger partial charge in [-0.25, -0.2) is 9.78 Å². The van der Waals surface area contributed by atoms with Crippen molar-refractivity contribution in [2.24, 2.45) is 5.92 Å². The van der Waals surface area contributed by atoms with Crippen LogP contribution in [0.2, 0.25) is 10.0 Å². The van der Waals surface area contributed by atoms with E-state index in [0.717, 1.165) is 61.9 Å². The monoisotopic (exact) mass is 760 g/mol. The number of aromatic carboxylic acids is 1. The predicted molar refractivity (Wildman–Crippen MR) is 196 cm³/mol. The lowest BCUT2D eigenvalue weighted by molar-refractivity contribution is -0.904. The fourth-order valence-electron chi connectivity index (χ4n) is 7.89. The van der Waals surface area contributed by atoms with Gasteiger partial charge in [0.05, 0.1) is 25.7 Å². The number of halogens is 2. The van der Waals surface area contributed by atoms with Gasteiger partial charge in [0.15, 0.2) is 11.5 Å². The van der Waals surface area contributed by atoms with Gasteiger partial charge in [-0.1, -0.05) is 53.5 Å². The number of fused-ring (bicyclic) bond motifs is 3. The second-order valence-electron chi connectivity index (χ2n) is 14.0. The fraction of sp³-hybridized carbons (Fsp3) is 0.400. The maximum atomic E-state index is 14.0. The number of carbonyl (C=O) groups excluding carboxylic acids is 2. The summed E-state index contributed by atoms with van der Waals surface area (Å²) in [5, 5.41) is 23.3. The number of hydrogen-bond donors (Lipinski definition) is 1. The van der Waals surface area contributed by atoms with Crippen LogP contribution in [0.1, 0.15) is 77.1 Å². The van der Waals surface area contributed by atoms with Crippen LogP contribution < -0.4 is 24.2 Å².